The van der Waals surface area contributed by atoms with E-state index in [2.05, 4.69) is 10.2 Å². The van der Waals surface area contributed by atoms with Gasteiger partial charge in [-0.25, -0.2) is 0 Å². The van der Waals surface area contributed by atoms with Gasteiger partial charge in [0, 0.05) is 19.5 Å². The molecule has 82 valence electrons. The van der Waals surface area contributed by atoms with Crippen LogP contribution in [0.5, 0.6) is 0 Å². The Kier molecular flexibility index (Phi) is 3.96. The summed E-state index contributed by atoms with van der Waals surface area (Å²) >= 11 is 4.92. The van der Waals surface area contributed by atoms with Crippen LogP contribution in [0.1, 0.15) is 12.6 Å². The highest BCUT2D eigenvalue weighted by Gasteiger charge is 2.10. The number of nitrogens with zero attached hydrogens (tertiary/aromatic N) is 3. The summed E-state index contributed by atoms with van der Waals surface area (Å²) in [6.07, 6.45) is 0. The largest absolute Gasteiger partial charge is 0.393 e. The minimum Gasteiger partial charge on any atom is -0.393 e. The number of aryl methyl sites for hydroxylation is 1. The van der Waals surface area contributed by atoms with Crippen LogP contribution in [0.15, 0.2) is 12.1 Å². The van der Waals surface area contributed by atoms with Gasteiger partial charge in [0.1, 0.15) is 0 Å². The first kappa shape index (κ1) is 11.8. The number of thiocarbonyl (C=S) groups is 1. The predicted molar refractivity (Wildman–Crippen MR) is 66.0 cm³/mol. The SMILES string of the molecule is Cc1ccc(N(C)CC(C)C(N)=S)nn1. The summed E-state index contributed by atoms with van der Waals surface area (Å²) < 4.78 is 0. The summed E-state index contributed by atoms with van der Waals surface area (Å²) in [5, 5.41) is 8.08. The average Bonchev–Trinajstić information content (AvgIpc) is 2.18. The molecule has 0 spiro atoms. The van der Waals surface area contributed by atoms with E-state index in [0.717, 1.165) is 18.1 Å². The van der Waals surface area contributed by atoms with E-state index in [-0.39, 0.29) is 5.92 Å². The van der Waals surface area contributed by atoms with Crippen molar-refractivity contribution in [2.45, 2.75) is 13.8 Å². The quantitative estimate of drug-likeness (QED) is 0.777. The van der Waals surface area contributed by atoms with Crippen LogP contribution in [0.3, 0.4) is 0 Å². The Balaban J connectivity index is 2.64. The van der Waals surface area contributed by atoms with Crippen molar-refractivity contribution in [3.8, 4) is 0 Å². The average molecular weight is 224 g/mol. The lowest BCUT2D eigenvalue weighted by Crippen LogP contribution is -2.31. The molecule has 1 aromatic heterocycles. The molecule has 0 fully saturated rings. The van der Waals surface area contributed by atoms with Crippen LogP contribution in [0.2, 0.25) is 0 Å². The van der Waals surface area contributed by atoms with Gasteiger partial charge >= 0.3 is 0 Å². The summed E-state index contributed by atoms with van der Waals surface area (Å²) in [6, 6.07) is 3.87. The molecular weight excluding hydrogens is 208 g/mol. The molecule has 0 saturated carbocycles. The second-order valence-corrected chi connectivity index (χ2v) is 4.19. The summed E-state index contributed by atoms with van der Waals surface area (Å²) in [6.45, 7) is 4.67. The summed E-state index contributed by atoms with van der Waals surface area (Å²) in [5.74, 6) is 1.01. The van der Waals surface area contributed by atoms with Gasteiger partial charge in [-0.05, 0) is 19.1 Å². The topological polar surface area (TPSA) is 55.0 Å². The van der Waals surface area contributed by atoms with Gasteiger partial charge in [-0.15, -0.1) is 5.10 Å². The predicted octanol–water partition coefficient (Wildman–Crippen LogP) is 1.14. The molecule has 5 heteroatoms. The number of rotatable bonds is 4. The molecule has 0 radical (unpaired) electrons. The van der Waals surface area contributed by atoms with E-state index in [1.807, 2.05) is 37.9 Å². The Morgan fingerprint density at radius 2 is 2.20 bits per heavy atom. The van der Waals surface area contributed by atoms with Crippen LogP contribution in [0, 0.1) is 12.8 Å². The molecule has 0 aromatic carbocycles. The lowest BCUT2D eigenvalue weighted by atomic mass is 10.2. The van der Waals surface area contributed by atoms with Crippen molar-refractivity contribution in [3.05, 3.63) is 17.8 Å². The molecule has 1 rings (SSSR count). The second-order valence-electron chi connectivity index (χ2n) is 3.72. The van der Waals surface area contributed by atoms with Gasteiger partial charge in [0.25, 0.3) is 0 Å². The Morgan fingerprint density at radius 1 is 1.53 bits per heavy atom. The van der Waals surface area contributed by atoms with Crippen molar-refractivity contribution >= 4 is 23.0 Å². The van der Waals surface area contributed by atoms with E-state index in [1.54, 1.807) is 0 Å². The minimum absolute atomic E-state index is 0.174. The van der Waals surface area contributed by atoms with Crippen molar-refractivity contribution in [3.63, 3.8) is 0 Å². The van der Waals surface area contributed by atoms with Crippen LogP contribution in [0.25, 0.3) is 0 Å². The number of aromatic nitrogens is 2. The smallest absolute Gasteiger partial charge is 0.151 e. The number of anilines is 1. The van der Waals surface area contributed by atoms with Crippen LogP contribution < -0.4 is 10.6 Å². The summed E-state index contributed by atoms with van der Waals surface area (Å²) in [4.78, 5) is 2.53. The van der Waals surface area contributed by atoms with E-state index in [4.69, 9.17) is 18.0 Å². The first-order valence-electron chi connectivity index (χ1n) is 4.81. The molecular formula is C10H16N4S. The molecule has 1 aromatic rings. The van der Waals surface area contributed by atoms with Gasteiger partial charge in [-0.3, -0.25) is 0 Å². The Morgan fingerprint density at radius 3 is 2.67 bits per heavy atom. The van der Waals surface area contributed by atoms with Gasteiger partial charge < -0.3 is 10.6 Å². The second kappa shape index (κ2) is 5.02. The van der Waals surface area contributed by atoms with Crippen molar-refractivity contribution in [1.29, 1.82) is 0 Å². The van der Waals surface area contributed by atoms with E-state index in [9.17, 15) is 0 Å². The van der Waals surface area contributed by atoms with Gasteiger partial charge in [-0.2, -0.15) is 5.10 Å². The third kappa shape index (κ3) is 3.43. The monoisotopic (exact) mass is 224 g/mol. The highest BCUT2D eigenvalue weighted by molar-refractivity contribution is 7.80. The fraction of sp³-hybridized carbons (Fsp3) is 0.500. The lowest BCUT2D eigenvalue weighted by molar-refractivity contribution is 0.728. The van der Waals surface area contributed by atoms with Gasteiger partial charge in [-0.1, -0.05) is 19.1 Å². The van der Waals surface area contributed by atoms with Gasteiger partial charge in [0.05, 0.1) is 10.7 Å². The standard InChI is InChI=1S/C10H16N4S/c1-7(10(11)15)6-14(3)9-5-4-8(2)12-13-9/h4-5,7H,6H2,1-3H3,(H2,11,15). The Hall–Kier alpha value is -1.23. The number of nitrogens with two attached hydrogens (primary N) is 1. The van der Waals surface area contributed by atoms with E-state index in [0.29, 0.717) is 4.99 Å². The highest BCUT2D eigenvalue weighted by Crippen LogP contribution is 2.09. The van der Waals surface area contributed by atoms with Crippen molar-refractivity contribution in [2.75, 3.05) is 18.5 Å². The van der Waals surface area contributed by atoms with Crippen LogP contribution >= 0.6 is 12.2 Å². The van der Waals surface area contributed by atoms with Crippen LogP contribution in [-0.2, 0) is 0 Å². The molecule has 15 heavy (non-hydrogen) atoms. The minimum atomic E-state index is 0.174. The molecule has 0 saturated heterocycles. The molecule has 0 amide bonds. The third-order valence-corrected chi connectivity index (χ3v) is 2.61. The van der Waals surface area contributed by atoms with Crippen molar-refractivity contribution in [1.82, 2.24) is 10.2 Å². The molecule has 1 unspecified atom stereocenters. The molecule has 2 N–H and O–H groups in total. The summed E-state index contributed by atoms with van der Waals surface area (Å²) in [5.41, 5.74) is 6.47. The fourth-order valence-electron chi connectivity index (χ4n) is 1.19. The number of hydrogen-bond acceptors (Lipinski definition) is 4. The Bertz CT molecular complexity index is 336. The van der Waals surface area contributed by atoms with Crippen LogP contribution in [0.4, 0.5) is 5.82 Å². The normalized spacial score (nSPS) is 12.2. The first-order valence-corrected chi connectivity index (χ1v) is 5.22. The van der Waals surface area contributed by atoms with Gasteiger partial charge in [0.2, 0.25) is 0 Å². The lowest BCUT2D eigenvalue weighted by Gasteiger charge is -2.21. The highest BCUT2D eigenvalue weighted by atomic mass is 32.1. The molecule has 1 atom stereocenters. The maximum atomic E-state index is 5.56. The molecule has 0 bridgehead atoms. The fourth-order valence-corrected chi connectivity index (χ4v) is 1.26. The zero-order valence-electron chi connectivity index (χ0n) is 9.27. The van der Waals surface area contributed by atoms with E-state index in [1.165, 1.54) is 0 Å². The maximum Gasteiger partial charge on any atom is 0.151 e. The zero-order valence-corrected chi connectivity index (χ0v) is 10.1. The molecule has 1 heterocycles. The first-order chi connectivity index (χ1) is 7.00. The molecule has 0 aliphatic heterocycles. The van der Waals surface area contributed by atoms with Crippen molar-refractivity contribution in [2.24, 2.45) is 11.7 Å². The van der Waals surface area contributed by atoms with E-state index >= 15 is 0 Å². The molecule has 0 aliphatic carbocycles. The zero-order chi connectivity index (χ0) is 11.4. The maximum absolute atomic E-state index is 5.56. The molecule has 0 aliphatic rings. The number of hydrogen-bond donors (Lipinski definition) is 1. The summed E-state index contributed by atoms with van der Waals surface area (Å²) in [7, 11) is 1.95. The molecule has 4 nitrogen and oxygen atoms in total. The Labute approximate surface area is 95.5 Å². The van der Waals surface area contributed by atoms with Crippen molar-refractivity contribution < 1.29 is 0 Å². The van der Waals surface area contributed by atoms with E-state index < -0.39 is 0 Å². The van der Waals surface area contributed by atoms with Gasteiger partial charge in [0.15, 0.2) is 5.82 Å². The van der Waals surface area contributed by atoms with Crippen LogP contribution in [-0.4, -0.2) is 28.8 Å². The third-order valence-electron chi connectivity index (χ3n) is 2.21.